The van der Waals surface area contributed by atoms with Crippen molar-refractivity contribution in [3.05, 3.63) is 65.7 Å². The summed E-state index contributed by atoms with van der Waals surface area (Å²) in [4.78, 5) is 38.7. The normalized spacial score (nSPS) is 13.6. The quantitative estimate of drug-likeness (QED) is 0.782. The molecule has 1 saturated heterocycles. The predicted molar refractivity (Wildman–Crippen MR) is 106 cm³/mol. The molecule has 0 radical (unpaired) electrons. The molecule has 3 rings (SSSR count). The molecule has 0 bridgehead atoms. The van der Waals surface area contributed by atoms with Gasteiger partial charge >= 0.3 is 5.97 Å². The van der Waals surface area contributed by atoms with Crippen LogP contribution in [-0.4, -0.2) is 42.4 Å². The Balaban J connectivity index is 1.58. The summed E-state index contributed by atoms with van der Waals surface area (Å²) in [5, 5.41) is 2.76. The summed E-state index contributed by atoms with van der Waals surface area (Å²) in [5.41, 5.74) is 1.49. The second-order valence-corrected chi connectivity index (χ2v) is 6.77. The Labute approximate surface area is 164 Å². The first-order valence-electron chi connectivity index (χ1n) is 9.51. The number of piperidine rings is 1. The average molecular weight is 380 g/mol. The van der Waals surface area contributed by atoms with Gasteiger partial charge in [0, 0.05) is 13.1 Å². The van der Waals surface area contributed by atoms with Crippen LogP contribution in [0.1, 0.15) is 35.2 Å². The Hall–Kier alpha value is -3.15. The maximum absolute atomic E-state index is 12.4. The van der Waals surface area contributed by atoms with Crippen LogP contribution in [0.15, 0.2) is 54.6 Å². The molecular formula is C22H24N2O4. The molecule has 28 heavy (non-hydrogen) atoms. The van der Waals surface area contributed by atoms with Gasteiger partial charge in [-0.3, -0.25) is 9.59 Å². The lowest BCUT2D eigenvalue weighted by Gasteiger charge is -2.26. The number of hydrogen-bond acceptors (Lipinski definition) is 4. The van der Waals surface area contributed by atoms with E-state index in [1.54, 1.807) is 29.2 Å². The molecule has 6 heteroatoms. The number of para-hydroxylation sites is 1. The van der Waals surface area contributed by atoms with Crippen LogP contribution in [0.25, 0.3) is 0 Å². The van der Waals surface area contributed by atoms with E-state index in [0.717, 1.165) is 24.8 Å². The number of hydrogen-bond donors (Lipinski definition) is 1. The van der Waals surface area contributed by atoms with Crippen LogP contribution in [0.4, 0.5) is 5.69 Å². The summed E-state index contributed by atoms with van der Waals surface area (Å²) in [6.07, 6.45) is 3.29. The van der Waals surface area contributed by atoms with Crippen molar-refractivity contribution >= 4 is 23.5 Å². The van der Waals surface area contributed by atoms with Gasteiger partial charge in [0.25, 0.3) is 5.91 Å². The van der Waals surface area contributed by atoms with Gasteiger partial charge in [0.1, 0.15) is 0 Å². The molecule has 1 heterocycles. The Kier molecular flexibility index (Phi) is 6.78. The average Bonchev–Trinajstić information content (AvgIpc) is 2.73. The van der Waals surface area contributed by atoms with Crippen LogP contribution in [0.2, 0.25) is 0 Å². The predicted octanol–water partition coefficient (Wildman–Crippen LogP) is 3.04. The molecule has 0 unspecified atom stereocenters. The fourth-order valence-corrected chi connectivity index (χ4v) is 3.19. The molecule has 0 saturated carbocycles. The van der Waals surface area contributed by atoms with Crippen molar-refractivity contribution < 1.29 is 19.1 Å². The number of esters is 1. The lowest BCUT2D eigenvalue weighted by molar-refractivity contribution is -0.135. The van der Waals surface area contributed by atoms with Gasteiger partial charge in [-0.1, -0.05) is 42.5 Å². The molecule has 6 nitrogen and oxygen atoms in total. The summed E-state index contributed by atoms with van der Waals surface area (Å²) >= 11 is 0. The van der Waals surface area contributed by atoms with Crippen molar-refractivity contribution in [3.8, 4) is 0 Å². The molecule has 146 valence electrons. The number of carbonyl (C=O) groups is 3. The van der Waals surface area contributed by atoms with Crippen molar-refractivity contribution in [2.24, 2.45) is 0 Å². The highest BCUT2D eigenvalue weighted by atomic mass is 16.5. The molecule has 1 aliphatic heterocycles. The molecule has 1 N–H and O–H groups in total. The first-order chi connectivity index (χ1) is 13.6. The zero-order valence-electron chi connectivity index (χ0n) is 15.7. The van der Waals surface area contributed by atoms with E-state index in [1.165, 1.54) is 0 Å². The lowest BCUT2D eigenvalue weighted by Crippen LogP contribution is -2.38. The smallest absolute Gasteiger partial charge is 0.340 e. The minimum atomic E-state index is -0.624. The molecule has 1 aliphatic rings. The summed E-state index contributed by atoms with van der Waals surface area (Å²) < 4.78 is 5.20. The maximum atomic E-state index is 12.4. The summed E-state index contributed by atoms with van der Waals surface area (Å²) in [5.74, 6) is -1.03. The molecular weight excluding hydrogens is 356 g/mol. The van der Waals surface area contributed by atoms with E-state index in [9.17, 15) is 14.4 Å². The van der Waals surface area contributed by atoms with Crippen LogP contribution in [0.5, 0.6) is 0 Å². The van der Waals surface area contributed by atoms with Gasteiger partial charge in [-0.2, -0.15) is 0 Å². The van der Waals surface area contributed by atoms with E-state index in [1.807, 2.05) is 30.3 Å². The standard InChI is InChI=1S/C22H24N2O4/c25-20(15-17-9-3-1-4-10-17)23-19-12-6-5-11-18(19)22(27)28-16-21(26)24-13-7-2-8-14-24/h1,3-6,9-12H,2,7-8,13-16H2,(H,23,25). The number of anilines is 1. The zero-order valence-corrected chi connectivity index (χ0v) is 15.7. The highest BCUT2D eigenvalue weighted by molar-refractivity contribution is 6.02. The lowest BCUT2D eigenvalue weighted by atomic mass is 10.1. The van der Waals surface area contributed by atoms with Crippen molar-refractivity contribution in [2.75, 3.05) is 25.0 Å². The first kappa shape index (κ1) is 19.6. The number of likely N-dealkylation sites (tertiary alicyclic amines) is 1. The topological polar surface area (TPSA) is 75.7 Å². The van der Waals surface area contributed by atoms with E-state index >= 15 is 0 Å². The third-order valence-electron chi connectivity index (χ3n) is 4.66. The van der Waals surface area contributed by atoms with Crippen LogP contribution < -0.4 is 5.32 Å². The van der Waals surface area contributed by atoms with Crippen molar-refractivity contribution in [2.45, 2.75) is 25.7 Å². The number of ether oxygens (including phenoxy) is 1. The molecule has 0 aromatic heterocycles. The minimum Gasteiger partial charge on any atom is -0.452 e. The summed E-state index contributed by atoms with van der Waals surface area (Å²) in [6.45, 7) is 1.14. The van der Waals surface area contributed by atoms with Crippen molar-refractivity contribution in [1.29, 1.82) is 0 Å². The van der Waals surface area contributed by atoms with Gasteiger partial charge in [0.05, 0.1) is 17.7 Å². The van der Waals surface area contributed by atoms with Crippen LogP contribution in [0.3, 0.4) is 0 Å². The third-order valence-corrected chi connectivity index (χ3v) is 4.66. The SMILES string of the molecule is O=C(Cc1ccccc1)Nc1ccccc1C(=O)OCC(=O)N1CCCCC1. The van der Waals surface area contributed by atoms with E-state index in [2.05, 4.69) is 5.32 Å². The fourth-order valence-electron chi connectivity index (χ4n) is 3.19. The van der Waals surface area contributed by atoms with Crippen molar-refractivity contribution in [3.63, 3.8) is 0 Å². The number of benzene rings is 2. The summed E-state index contributed by atoms with van der Waals surface area (Å²) in [7, 11) is 0. The molecule has 0 atom stereocenters. The molecule has 2 aromatic carbocycles. The molecule has 2 amide bonds. The molecule has 2 aromatic rings. The minimum absolute atomic E-state index is 0.182. The van der Waals surface area contributed by atoms with E-state index in [4.69, 9.17) is 4.74 Å². The van der Waals surface area contributed by atoms with Crippen LogP contribution in [0, 0.1) is 0 Å². The van der Waals surface area contributed by atoms with E-state index in [0.29, 0.717) is 18.8 Å². The Morgan fingerprint density at radius 3 is 2.32 bits per heavy atom. The van der Waals surface area contributed by atoms with Gasteiger partial charge in [-0.05, 0) is 37.0 Å². The highest BCUT2D eigenvalue weighted by Gasteiger charge is 2.20. The van der Waals surface area contributed by atoms with Gasteiger partial charge in [-0.15, -0.1) is 0 Å². The number of carbonyl (C=O) groups excluding carboxylic acids is 3. The van der Waals surface area contributed by atoms with Gasteiger partial charge < -0.3 is 15.0 Å². The van der Waals surface area contributed by atoms with Crippen LogP contribution >= 0.6 is 0 Å². The van der Waals surface area contributed by atoms with Gasteiger partial charge in [0.15, 0.2) is 6.61 Å². The molecule has 1 fully saturated rings. The number of nitrogens with zero attached hydrogens (tertiary/aromatic N) is 1. The second kappa shape index (κ2) is 9.69. The second-order valence-electron chi connectivity index (χ2n) is 6.77. The van der Waals surface area contributed by atoms with Gasteiger partial charge in [0.2, 0.25) is 5.91 Å². The molecule has 0 aliphatic carbocycles. The number of nitrogens with one attached hydrogen (secondary N) is 1. The van der Waals surface area contributed by atoms with Crippen molar-refractivity contribution in [1.82, 2.24) is 4.90 Å². The van der Waals surface area contributed by atoms with E-state index in [-0.39, 0.29) is 30.4 Å². The fraction of sp³-hybridized carbons (Fsp3) is 0.318. The Morgan fingerprint density at radius 2 is 1.57 bits per heavy atom. The third kappa shape index (κ3) is 5.42. The monoisotopic (exact) mass is 380 g/mol. The van der Waals surface area contributed by atoms with Gasteiger partial charge in [-0.25, -0.2) is 4.79 Å². The van der Waals surface area contributed by atoms with Crippen LogP contribution in [-0.2, 0) is 20.7 Å². The zero-order chi connectivity index (χ0) is 19.8. The highest BCUT2D eigenvalue weighted by Crippen LogP contribution is 2.17. The maximum Gasteiger partial charge on any atom is 0.340 e. The first-order valence-corrected chi connectivity index (χ1v) is 9.51. The molecule has 0 spiro atoms. The Bertz CT molecular complexity index is 829. The summed E-state index contributed by atoms with van der Waals surface area (Å²) in [6, 6.07) is 16.0. The largest absolute Gasteiger partial charge is 0.452 e. The number of amides is 2. The van der Waals surface area contributed by atoms with E-state index < -0.39 is 5.97 Å². The Morgan fingerprint density at radius 1 is 0.893 bits per heavy atom. The number of rotatable bonds is 6.